The predicted molar refractivity (Wildman–Crippen MR) is 66.7 cm³/mol. The van der Waals surface area contributed by atoms with E-state index >= 15 is 0 Å². The highest BCUT2D eigenvalue weighted by molar-refractivity contribution is 7.98. The minimum Gasteiger partial charge on any atom is -0.396 e. The van der Waals surface area contributed by atoms with Gasteiger partial charge in [-0.2, -0.15) is 0 Å². The van der Waals surface area contributed by atoms with Crippen LogP contribution in [0.2, 0.25) is 0 Å². The maximum atomic E-state index is 8.92. The first-order valence-electron chi connectivity index (χ1n) is 5.35. The normalized spacial score (nSPS) is 10.7. The Hall–Kier alpha value is -1.40. The van der Waals surface area contributed by atoms with Gasteiger partial charge in [-0.05, 0) is 24.8 Å². The lowest BCUT2D eigenvalue weighted by molar-refractivity contribution is 0.278. The van der Waals surface area contributed by atoms with Gasteiger partial charge < -0.3 is 9.67 Å². The van der Waals surface area contributed by atoms with Gasteiger partial charge in [0.2, 0.25) is 0 Å². The Balaban J connectivity index is 2.36. The largest absolute Gasteiger partial charge is 0.396 e. The number of hydrogen-bond acceptors (Lipinski definition) is 5. The summed E-state index contributed by atoms with van der Waals surface area (Å²) in [7, 11) is 0. The zero-order valence-electron chi connectivity index (χ0n) is 9.58. The van der Waals surface area contributed by atoms with Crippen LogP contribution >= 0.6 is 11.8 Å². The van der Waals surface area contributed by atoms with Crippen LogP contribution in [0.4, 0.5) is 0 Å². The fourth-order valence-electron chi connectivity index (χ4n) is 1.58. The van der Waals surface area contributed by atoms with E-state index in [4.69, 9.17) is 5.11 Å². The van der Waals surface area contributed by atoms with E-state index in [0.717, 1.165) is 23.1 Å². The molecule has 1 N–H and O–H groups in total. The summed E-state index contributed by atoms with van der Waals surface area (Å²) in [4.78, 5) is 3.99. The SMILES string of the molecule is CSc1nnc(-c2ccncc2)n1CCCO. The molecule has 0 unspecified atom stereocenters. The van der Waals surface area contributed by atoms with Crippen molar-refractivity contribution in [2.24, 2.45) is 0 Å². The topological polar surface area (TPSA) is 63.8 Å². The Morgan fingerprint density at radius 3 is 2.71 bits per heavy atom. The highest BCUT2D eigenvalue weighted by Crippen LogP contribution is 2.22. The quantitative estimate of drug-likeness (QED) is 0.814. The molecule has 5 nitrogen and oxygen atoms in total. The molecule has 2 rings (SSSR count). The fraction of sp³-hybridized carbons (Fsp3) is 0.364. The molecule has 0 aliphatic heterocycles. The Labute approximate surface area is 104 Å². The molecule has 2 aromatic rings. The number of thioether (sulfide) groups is 1. The van der Waals surface area contributed by atoms with Crippen molar-refractivity contribution in [1.29, 1.82) is 0 Å². The molecule has 2 heterocycles. The third kappa shape index (κ3) is 2.65. The first-order chi connectivity index (χ1) is 8.36. The van der Waals surface area contributed by atoms with Crippen LogP contribution in [0, 0.1) is 0 Å². The first kappa shape index (κ1) is 12.1. The van der Waals surface area contributed by atoms with Gasteiger partial charge in [0.15, 0.2) is 11.0 Å². The lowest BCUT2D eigenvalue weighted by Gasteiger charge is -2.07. The number of nitrogens with zero attached hydrogens (tertiary/aromatic N) is 4. The summed E-state index contributed by atoms with van der Waals surface area (Å²) in [6.07, 6.45) is 6.14. The van der Waals surface area contributed by atoms with E-state index in [2.05, 4.69) is 15.2 Å². The molecule has 90 valence electrons. The Morgan fingerprint density at radius 1 is 1.29 bits per heavy atom. The van der Waals surface area contributed by atoms with E-state index in [1.807, 2.05) is 23.0 Å². The molecule has 0 amide bonds. The van der Waals surface area contributed by atoms with Gasteiger partial charge in [0.05, 0.1) is 0 Å². The van der Waals surface area contributed by atoms with E-state index in [-0.39, 0.29) is 6.61 Å². The summed E-state index contributed by atoms with van der Waals surface area (Å²) in [5, 5.41) is 18.1. The molecule has 0 saturated carbocycles. The van der Waals surface area contributed by atoms with E-state index in [1.165, 1.54) is 0 Å². The summed E-state index contributed by atoms with van der Waals surface area (Å²) < 4.78 is 2.02. The number of pyridine rings is 1. The van der Waals surface area contributed by atoms with Gasteiger partial charge in [-0.1, -0.05) is 11.8 Å². The molecule has 0 spiro atoms. The Morgan fingerprint density at radius 2 is 2.06 bits per heavy atom. The molecule has 0 bridgehead atoms. The van der Waals surface area contributed by atoms with Crippen molar-refractivity contribution in [1.82, 2.24) is 19.7 Å². The van der Waals surface area contributed by atoms with Crippen molar-refractivity contribution in [3.8, 4) is 11.4 Å². The van der Waals surface area contributed by atoms with Gasteiger partial charge in [-0.25, -0.2) is 0 Å². The Bertz CT molecular complexity index is 472. The maximum Gasteiger partial charge on any atom is 0.191 e. The number of hydrogen-bond donors (Lipinski definition) is 1. The van der Waals surface area contributed by atoms with Crippen molar-refractivity contribution in [2.75, 3.05) is 12.9 Å². The molecule has 0 aromatic carbocycles. The van der Waals surface area contributed by atoms with Crippen molar-refractivity contribution in [3.05, 3.63) is 24.5 Å². The third-order valence-electron chi connectivity index (χ3n) is 2.38. The molecule has 2 aromatic heterocycles. The summed E-state index contributed by atoms with van der Waals surface area (Å²) in [5.41, 5.74) is 0.991. The second-order valence-electron chi connectivity index (χ2n) is 3.47. The molecule has 0 atom stereocenters. The van der Waals surface area contributed by atoms with Gasteiger partial charge >= 0.3 is 0 Å². The highest BCUT2D eigenvalue weighted by atomic mass is 32.2. The van der Waals surface area contributed by atoms with Crippen LogP contribution in [0.3, 0.4) is 0 Å². The number of aromatic nitrogens is 4. The van der Waals surface area contributed by atoms with Crippen LogP contribution in [0.15, 0.2) is 29.7 Å². The van der Waals surface area contributed by atoms with E-state index < -0.39 is 0 Å². The molecular formula is C11H14N4OS. The van der Waals surface area contributed by atoms with E-state index in [0.29, 0.717) is 6.42 Å². The zero-order chi connectivity index (χ0) is 12.1. The van der Waals surface area contributed by atoms with Crippen LogP contribution < -0.4 is 0 Å². The van der Waals surface area contributed by atoms with Crippen molar-refractivity contribution in [2.45, 2.75) is 18.1 Å². The number of aliphatic hydroxyl groups excluding tert-OH is 1. The Kier molecular flexibility index (Phi) is 4.11. The lowest BCUT2D eigenvalue weighted by Crippen LogP contribution is -2.04. The molecule has 0 aliphatic carbocycles. The summed E-state index contributed by atoms with van der Waals surface area (Å²) in [6, 6.07) is 3.81. The summed E-state index contributed by atoms with van der Waals surface area (Å²) in [5.74, 6) is 0.824. The molecule has 0 aliphatic rings. The van der Waals surface area contributed by atoms with Gasteiger partial charge in [0.1, 0.15) is 0 Å². The lowest BCUT2D eigenvalue weighted by atomic mass is 10.2. The average molecular weight is 250 g/mol. The fourth-order valence-corrected chi connectivity index (χ4v) is 2.11. The van der Waals surface area contributed by atoms with E-state index in [9.17, 15) is 0 Å². The van der Waals surface area contributed by atoms with Crippen molar-refractivity contribution in [3.63, 3.8) is 0 Å². The first-order valence-corrected chi connectivity index (χ1v) is 6.57. The molecule has 0 fully saturated rings. The summed E-state index contributed by atoms with van der Waals surface area (Å²) >= 11 is 1.55. The average Bonchev–Trinajstić information content (AvgIpc) is 2.80. The molecule has 0 saturated heterocycles. The minimum atomic E-state index is 0.168. The second kappa shape index (κ2) is 5.79. The van der Waals surface area contributed by atoms with Crippen LogP contribution in [0.5, 0.6) is 0 Å². The van der Waals surface area contributed by atoms with Gasteiger partial charge in [-0.15, -0.1) is 10.2 Å². The van der Waals surface area contributed by atoms with Crippen LogP contribution in [-0.4, -0.2) is 37.7 Å². The van der Waals surface area contributed by atoms with Crippen molar-refractivity contribution >= 4 is 11.8 Å². The standard InChI is InChI=1S/C11H14N4OS/c1-17-11-14-13-10(15(11)7-2-8-16)9-3-5-12-6-4-9/h3-6,16H,2,7-8H2,1H3. The molecule has 17 heavy (non-hydrogen) atoms. The molecule has 6 heteroatoms. The zero-order valence-corrected chi connectivity index (χ0v) is 10.4. The predicted octanol–water partition coefficient (Wildman–Crippen LogP) is 1.44. The number of rotatable bonds is 5. The maximum absolute atomic E-state index is 8.92. The van der Waals surface area contributed by atoms with Crippen LogP contribution in [0.1, 0.15) is 6.42 Å². The third-order valence-corrected chi connectivity index (χ3v) is 3.04. The number of aliphatic hydroxyl groups is 1. The molecular weight excluding hydrogens is 236 g/mol. The van der Waals surface area contributed by atoms with Gasteiger partial charge in [0.25, 0.3) is 0 Å². The van der Waals surface area contributed by atoms with E-state index in [1.54, 1.807) is 24.2 Å². The monoisotopic (exact) mass is 250 g/mol. The highest BCUT2D eigenvalue weighted by Gasteiger charge is 2.12. The van der Waals surface area contributed by atoms with Crippen LogP contribution in [0.25, 0.3) is 11.4 Å². The van der Waals surface area contributed by atoms with Gasteiger partial charge in [-0.3, -0.25) is 4.98 Å². The smallest absolute Gasteiger partial charge is 0.191 e. The van der Waals surface area contributed by atoms with Gasteiger partial charge in [0, 0.05) is 31.1 Å². The summed E-state index contributed by atoms with van der Waals surface area (Å²) in [6.45, 7) is 0.888. The van der Waals surface area contributed by atoms with Crippen molar-refractivity contribution < 1.29 is 5.11 Å². The van der Waals surface area contributed by atoms with Crippen LogP contribution in [-0.2, 0) is 6.54 Å². The molecule has 0 radical (unpaired) electrons. The second-order valence-corrected chi connectivity index (χ2v) is 4.25. The minimum absolute atomic E-state index is 0.168.